The largest absolute Gasteiger partial charge is 0.0651 e. The van der Waals surface area contributed by atoms with E-state index in [1.54, 1.807) is 11.1 Å². The molecule has 0 bridgehead atoms. The van der Waals surface area contributed by atoms with Crippen molar-refractivity contribution in [2.45, 2.75) is 127 Å². The Morgan fingerprint density at radius 2 is 0.933 bits per heavy atom. The third kappa shape index (κ3) is 7.58. The van der Waals surface area contributed by atoms with Crippen molar-refractivity contribution in [3.05, 3.63) is 46.5 Å². The molecule has 0 radical (unpaired) electrons. The van der Waals surface area contributed by atoms with Crippen LogP contribution in [-0.2, 0) is 10.8 Å². The van der Waals surface area contributed by atoms with E-state index in [0.717, 1.165) is 0 Å². The molecule has 1 aromatic carbocycles. The van der Waals surface area contributed by atoms with E-state index in [9.17, 15) is 0 Å². The fourth-order valence-corrected chi connectivity index (χ4v) is 4.62. The fraction of sp³-hybridized carbons (Fsp3) is 0.733. The molecule has 0 N–H and O–H groups in total. The SMILES string of the molecule is CC(C)(C)c1ccccc1C(C)(C)C.CC1(C)CCC(C(C)(C)C)=C(C(C)(C)C)C1. The molecule has 2 rings (SSSR count). The zero-order chi connectivity index (χ0) is 23.8. The highest BCUT2D eigenvalue weighted by atomic mass is 14.4. The Labute approximate surface area is 190 Å². The van der Waals surface area contributed by atoms with Gasteiger partial charge in [0.25, 0.3) is 0 Å². The van der Waals surface area contributed by atoms with E-state index in [1.165, 1.54) is 30.4 Å². The van der Waals surface area contributed by atoms with E-state index >= 15 is 0 Å². The Hall–Kier alpha value is -1.04. The maximum atomic E-state index is 2.41. The number of rotatable bonds is 0. The zero-order valence-electron chi connectivity index (χ0n) is 22.9. The van der Waals surface area contributed by atoms with Crippen LogP contribution in [0, 0.1) is 16.2 Å². The van der Waals surface area contributed by atoms with E-state index in [2.05, 4.69) is 121 Å². The Kier molecular flexibility index (Phi) is 7.95. The first kappa shape index (κ1) is 27.0. The van der Waals surface area contributed by atoms with Gasteiger partial charge in [0.05, 0.1) is 0 Å². The fourth-order valence-electron chi connectivity index (χ4n) is 4.62. The van der Waals surface area contributed by atoms with Gasteiger partial charge in [-0.05, 0) is 57.5 Å². The summed E-state index contributed by atoms with van der Waals surface area (Å²) in [6.07, 6.45) is 3.92. The second-order valence-electron chi connectivity index (χ2n) is 14.3. The maximum Gasteiger partial charge on any atom is -0.0129 e. The minimum absolute atomic E-state index is 0.240. The molecule has 0 heterocycles. The molecule has 0 spiro atoms. The molecule has 172 valence electrons. The van der Waals surface area contributed by atoms with Crippen LogP contribution in [0.5, 0.6) is 0 Å². The molecule has 1 aromatic rings. The summed E-state index contributed by atoms with van der Waals surface area (Å²) in [6, 6.07) is 8.77. The highest BCUT2D eigenvalue weighted by molar-refractivity contribution is 5.37. The Morgan fingerprint density at radius 1 is 0.567 bits per heavy atom. The molecule has 0 amide bonds. The van der Waals surface area contributed by atoms with Gasteiger partial charge in [0.2, 0.25) is 0 Å². The highest BCUT2D eigenvalue weighted by Gasteiger charge is 2.35. The molecule has 0 aliphatic heterocycles. The van der Waals surface area contributed by atoms with Gasteiger partial charge in [0.15, 0.2) is 0 Å². The quantitative estimate of drug-likeness (QED) is 0.372. The van der Waals surface area contributed by atoms with Crippen molar-refractivity contribution in [1.82, 2.24) is 0 Å². The molecule has 0 saturated carbocycles. The molecular formula is C30H52. The van der Waals surface area contributed by atoms with Crippen molar-refractivity contribution in [3.63, 3.8) is 0 Å². The highest BCUT2D eigenvalue weighted by Crippen LogP contribution is 2.49. The lowest BCUT2D eigenvalue weighted by Gasteiger charge is -2.42. The summed E-state index contributed by atoms with van der Waals surface area (Å²) < 4.78 is 0. The normalized spacial score (nSPS) is 18.1. The van der Waals surface area contributed by atoms with E-state index in [1.807, 2.05) is 0 Å². The summed E-state index contributed by atoms with van der Waals surface area (Å²) in [5.41, 5.74) is 8.03. The van der Waals surface area contributed by atoms with Gasteiger partial charge < -0.3 is 0 Å². The predicted molar refractivity (Wildman–Crippen MR) is 137 cm³/mol. The van der Waals surface area contributed by atoms with Gasteiger partial charge in [0.1, 0.15) is 0 Å². The molecule has 0 saturated heterocycles. The van der Waals surface area contributed by atoms with Crippen LogP contribution in [0.2, 0.25) is 0 Å². The van der Waals surface area contributed by atoms with Crippen LogP contribution in [0.15, 0.2) is 35.4 Å². The lowest BCUT2D eigenvalue weighted by Crippen LogP contribution is -2.29. The summed E-state index contributed by atoms with van der Waals surface area (Å²) in [4.78, 5) is 0. The average Bonchev–Trinajstić information content (AvgIpc) is 2.51. The van der Waals surface area contributed by atoms with Gasteiger partial charge >= 0.3 is 0 Å². The summed E-state index contributed by atoms with van der Waals surface area (Å²) in [5.74, 6) is 0. The Morgan fingerprint density at radius 3 is 1.23 bits per heavy atom. The van der Waals surface area contributed by atoms with E-state index in [-0.39, 0.29) is 10.8 Å². The summed E-state index contributed by atoms with van der Waals surface area (Å²) in [7, 11) is 0. The van der Waals surface area contributed by atoms with Crippen LogP contribution in [-0.4, -0.2) is 0 Å². The number of hydrogen-bond acceptors (Lipinski definition) is 0. The van der Waals surface area contributed by atoms with E-state index < -0.39 is 0 Å². The molecule has 0 aromatic heterocycles. The topological polar surface area (TPSA) is 0 Å². The first-order chi connectivity index (χ1) is 13.2. The third-order valence-electron chi connectivity index (χ3n) is 6.43. The predicted octanol–water partition coefficient (Wildman–Crippen LogP) is 9.87. The molecule has 30 heavy (non-hydrogen) atoms. The first-order valence-electron chi connectivity index (χ1n) is 12.0. The molecule has 0 fully saturated rings. The Bertz CT molecular complexity index is 695. The molecule has 0 nitrogen and oxygen atoms in total. The van der Waals surface area contributed by atoms with E-state index in [4.69, 9.17) is 0 Å². The average molecular weight is 413 g/mol. The third-order valence-corrected chi connectivity index (χ3v) is 6.43. The van der Waals surface area contributed by atoms with Gasteiger partial charge in [-0.15, -0.1) is 0 Å². The van der Waals surface area contributed by atoms with Crippen LogP contribution in [0.1, 0.15) is 127 Å². The standard InChI is InChI=1S/C16H30.C14H22/c1-14(2,3)12-9-10-16(7,8)11-13(12)15(4,5)6;1-13(2,3)11-9-7-8-10-12(11)14(4,5)6/h9-11H2,1-8H3;7-10H,1-6H3. The van der Waals surface area contributed by atoms with Gasteiger partial charge in [0, 0.05) is 0 Å². The lowest BCUT2D eigenvalue weighted by atomic mass is 9.63. The smallest absolute Gasteiger partial charge is 0.0129 e. The Balaban J connectivity index is 0.000000303. The molecule has 1 aliphatic rings. The minimum Gasteiger partial charge on any atom is -0.0651 e. The van der Waals surface area contributed by atoms with Crippen LogP contribution in [0.4, 0.5) is 0 Å². The second kappa shape index (κ2) is 8.84. The summed E-state index contributed by atoms with van der Waals surface area (Å²) >= 11 is 0. The van der Waals surface area contributed by atoms with Gasteiger partial charge in [-0.3, -0.25) is 0 Å². The van der Waals surface area contributed by atoms with Gasteiger partial charge in [-0.25, -0.2) is 0 Å². The number of allylic oxidation sites excluding steroid dienone is 2. The monoisotopic (exact) mass is 412 g/mol. The van der Waals surface area contributed by atoms with Crippen molar-refractivity contribution < 1.29 is 0 Å². The number of benzene rings is 1. The van der Waals surface area contributed by atoms with Gasteiger partial charge in [-0.2, -0.15) is 0 Å². The van der Waals surface area contributed by atoms with Crippen molar-refractivity contribution in [2.24, 2.45) is 16.2 Å². The van der Waals surface area contributed by atoms with Crippen molar-refractivity contribution in [2.75, 3.05) is 0 Å². The summed E-state index contributed by atoms with van der Waals surface area (Å²) in [5, 5.41) is 0. The first-order valence-corrected chi connectivity index (χ1v) is 12.0. The van der Waals surface area contributed by atoms with Crippen LogP contribution >= 0.6 is 0 Å². The second-order valence-corrected chi connectivity index (χ2v) is 14.3. The van der Waals surface area contributed by atoms with E-state index in [0.29, 0.717) is 16.2 Å². The minimum atomic E-state index is 0.240. The molecule has 0 unspecified atom stereocenters. The van der Waals surface area contributed by atoms with Crippen molar-refractivity contribution >= 4 is 0 Å². The molecule has 0 atom stereocenters. The van der Waals surface area contributed by atoms with Crippen LogP contribution in [0.25, 0.3) is 0 Å². The maximum absolute atomic E-state index is 2.41. The van der Waals surface area contributed by atoms with Crippen LogP contribution < -0.4 is 0 Å². The van der Waals surface area contributed by atoms with Gasteiger partial charge in [-0.1, -0.05) is 132 Å². The molecule has 1 aliphatic carbocycles. The summed E-state index contributed by atoms with van der Waals surface area (Å²) in [6.45, 7) is 32.7. The van der Waals surface area contributed by atoms with Crippen LogP contribution in [0.3, 0.4) is 0 Å². The van der Waals surface area contributed by atoms with Crippen molar-refractivity contribution in [1.29, 1.82) is 0 Å². The zero-order valence-corrected chi connectivity index (χ0v) is 22.9. The lowest BCUT2D eigenvalue weighted by molar-refractivity contribution is 0.259. The van der Waals surface area contributed by atoms with Crippen molar-refractivity contribution in [3.8, 4) is 0 Å². The molecule has 0 heteroatoms. The number of hydrogen-bond donors (Lipinski definition) is 0. The molecular weight excluding hydrogens is 360 g/mol.